The van der Waals surface area contributed by atoms with Crippen molar-refractivity contribution in [3.8, 4) is 11.5 Å². The Bertz CT molecular complexity index is 645. The van der Waals surface area contributed by atoms with Crippen molar-refractivity contribution in [2.45, 2.75) is 12.8 Å². The van der Waals surface area contributed by atoms with Crippen molar-refractivity contribution in [2.24, 2.45) is 5.92 Å². The van der Waals surface area contributed by atoms with Crippen LogP contribution in [0.25, 0.3) is 0 Å². The summed E-state index contributed by atoms with van der Waals surface area (Å²) >= 11 is 6.06. The Hall–Kier alpha value is -2.01. The van der Waals surface area contributed by atoms with E-state index >= 15 is 0 Å². The first-order valence-electron chi connectivity index (χ1n) is 7.74. The van der Waals surface area contributed by atoms with Gasteiger partial charge in [-0.05, 0) is 30.9 Å². The number of methoxy groups -OCH3 is 1. The highest BCUT2D eigenvalue weighted by Crippen LogP contribution is 2.30. The largest absolute Gasteiger partial charge is 0.493 e. The van der Waals surface area contributed by atoms with Crippen LogP contribution in [0.2, 0.25) is 5.02 Å². The molecule has 6 heteroatoms. The van der Waals surface area contributed by atoms with E-state index < -0.39 is 0 Å². The van der Waals surface area contributed by atoms with Gasteiger partial charge < -0.3 is 14.4 Å². The van der Waals surface area contributed by atoms with Crippen LogP contribution in [-0.2, 0) is 0 Å². The topological polar surface area (TPSA) is 47.5 Å². The summed E-state index contributed by atoms with van der Waals surface area (Å²) in [6.07, 6.45) is 7.22. The molecule has 0 saturated carbocycles. The molecular weight excluding hydrogens is 314 g/mol. The predicted octanol–water partition coefficient (Wildman–Crippen LogP) is 3.43. The first-order valence-corrected chi connectivity index (χ1v) is 8.12. The lowest BCUT2D eigenvalue weighted by Crippen LogP contribution is -2.36. The van der Waals surface area contributed by atoms with E-state index in [0.29, 0.717) is 23.3 Å². The van der Waals surface area contributed by atoms with Crippen molar-refractivity contribution >= 4 is 17.4 Å². The molecule has 0 unspecified atom stereocenters. The Labute approximate surface area is 141 Å². The molecule has 3 rings (SSSR count). The van der Waals surface area contributed by atoms with E-state index in [9.17, 15) is 0 Å². The van der Waals surface area contributed by atoms with Crippen LogP contribution in [0.15, 0.2) is 36.8 Å². The SMILES string of the molecule is COc1cccnc1N1CCC(COc2ccncc2Cl)CC1. The first kappa shape index (κ1) is 15.9. The second kappa shape index (κ2) is 7.51. The van der Waals surface area contributed by atoms with E-state index in [1.807, 2.05) is 12.1 Å². The van der Waals surface area contributed by atoms with E-state index in [1.165, 1.54) is 0 Å². The van der Waals surface area contributed by atoms with Gasteiger partial charge in [-0.2, -0.15) is 0 Å². The summed E-state index contributed by atoms with van der Waals surface area (Å²) in [6, 6.07) is 5.64. The van der Waals surface area contributed by atoms with Crippen LogP contribution in [0.4, 0.5) is 5.82 Å². The second-order valence-electron chi connectivity index (χ2n) is 5.58. The van der Waals surface area contributed by atoms with Crippen molar-refractivity contribution in [1.29, 1.82) is 0 Å². The molecule has 0 N–H and O–H groups in total. The van der Waals surface area contributed by atoms with Gasteiger partial charge in [0.25, 0.3) is 0 Å². The molecule has 1 saturated heterocycles. The Kier molecular flexibility index (Phi) is 5.18. The average molecular weight is 334 g/mol. The van der Waals surface area contributed by atoms with Crippen LogP contribution in [-0.4, -0.2) is 36.8 Å². The average Bonchev–Trinajstić information content (AvgIpc) is 2.61. The maximum atomic E-state index is 6.06. The second-order valence-corrected chi connectivity index (χ2v) is 5.98. The van der Waals surface area contributed by atoms with Crippen LogP contribution >= 0.6 is 11.6 Å². The quantitative estimate of drug-likeness (QED) is 0.839. The Morgan fingerprint density at radius 1 is 1.22 bits per heavy atom. The molecule has 0 aliphatic carbocycles. The van der Waals surface area contributed by atoms with Gasteiger partial charge in [0.2, 0.25) is 0 Å². The van der Waals surface area contributed by atoms with Crippen molar-refractivity contribution in [3.63, 3.8) is 0 Å². The Balaban J connectivity index is 1.53. The molecule has 0 bridgehead atoms. The molecule has 0 spiro atoms. The van der Waals surface area contributed by atoms with Gasteiger partial charge >= 0.3 is 0 Å². The molecule has 0 atom stereocenters. The number of nitrogens with zero attached hydrogens (tertiary/aromatic N) is 3. The monoisotopic (exact) mass is 333 g/mol. The number of hydrogen-bond acceptors (Lipinski definition) is 5. The number of anilines is 1. The molecule has 0 amide bonds. The predicted molar refractivity (Wildman–Crippen MR) is 90.5 cm³/mol. The normalized spacial score (nSPS) is 15.5. The zero-order chi connectivity index (χ0) is 16.1. The fraction of sp³-hybridized carbons (Fsp3) is 0.412. The van der Waals surface area contributed by atoms with Crippen LogP contribution in [0.1, 0.15) is 12.8 Å². The highest BCUT2D eigenvalue weighted by molar-refractivity contribution is 6.31. The summed E-state index contributed by atoms with van der Waals surface area (Å²) in [5.74, 6) is 2.97. The standard InChI is InChI=1S/C17H20ClN3O2/c1-22-16-3-2-7-20-17(16)21-9-5-13(6-10-21)12-23-15-4-8-19-11-14(15)18/h2-4,7-8,11,13H,5-6,9-10,12H2,1H3. The minimum atomic E-state index is 0.519. The van der Waals surface area contributed by atoms with Crippen LogP contribution in [0, 0.1) is 5.92 Å². The molecule has 5 nitrogen and oxygen atoms in total. The van der Waals surface area contributed by atoms with Crippen LogP contribution in [0.5, 0.6) is 11.5 Å². The number of piperidine rings is 1. The van der Waals surface area contributed by atoms with Gasteiger partial charge in [-0.15, -0.1) is 0 Å². The maximum absolute atomic E-state index is 6.06. The van der Waals surface area contributed by atoms with Crippen LogP contribution in [0.3, 0.4) is 0 Å². The molecular formula is C17H20ClN3O2. The minimum Gasteiger partial charge on any atom is -0.493 e. The zero-order valence-corrected chi connectivity index (χ0v) is 13.9. The number of ether oxygens (including phenoxy) is 2. The van der Waals surface area contributed by atoms with Gasteiger partial charge in [0.1, 0.15) is 10.8 Å². The molecule has 1 aliphatic heterocycles. The summed E-state index contributed by atoms with van der Waals surface area (Å²) < 4.78 is 11.2. The van der Waals surface area contributed by atoms with E-state index in [0.717, 1.165) is 37.5 Å². The zero-order valence-electron chi connectivity index (χ0n) is 13.1. The Morgan fingerprint density at radius 2 is 2.04 bits per heavy atom. The molecule has 1 aliphatic rings. The Morgan fingerprint density at radius 3 is 2.78 bits per heavy atom. The van der Waals surface area contributed by atoms with Crippen molar-refractivity contribution in [3.05, 3.63) is 41.8 Å². The minimum absolute atomic E-state index is 0.519. The maximum Gasteiger partial charge on any atom is 0.171 e. The third-order valence-corrected chi connectivity index (χ3v) is 4.38. The molecule has 0 radical (unpaired) electrons. The summed E-state index contributed by atoms with van der Waals surface area (Å²) in [4.78, 5) is 10.7. The molecule has 2 aromatic heterocycles. The van der Waals surface area contributed by atoms with Crippen molar-refractivity contribution in [2.75, 3.05) is 31.7 Å². The van der Waals surface area contributed by atoms with Gasteiger partial charge in [0.15, 0.2) is 11.6 Å². The van der Waals surface area contributed by atoms with Gasteiger partial charge in [0.05, 0.1) is 13.7 Å². The number of pyridine rings is 2. The van der Waals surface area contributed by atoms with E-state index in [1.54, 1.807) is 31.8 Å². The fourth-order valence-corrected chi connectivity index (χ4v) is 2.95. The number of rotatable bonds is 5. The van der Waals surface area contributed by atoms with Crippen LogP contribution < -0.4 is 14.4 Å². The molecule has 2 aromatic rings. The van der Waals surface area contributed by atoms with Gasteiger partial charge in [-0.25, -0.2) is 4.98 Å². The van der Waals surface area contributed by atoms with E-state index in [-0.39, 0.29) is 0 Å². The van der Waals surface area contributed by atoms with Crippen molar-refractivity contribution < 1.29 is 9.47 Å². The number of halogens is 1. The molecule has 0 aromatic carbocycles. The van der Waals surface area contributed by atoms with E-state index in [2.05, 4.69) is 14.9 Å². The number of hydrogen-bond donors (Lipinski definition) is 0. The fourth-order valence-electron chi connectivity index (χ4n) is 2.78. The van der Waals surface area contributed by atoms with Crippen molar-refractivity contribution in [1.82, 2.24) is 9.97 Å². The lowest BCUT2D eigenvalue weighted by molar-refractivity contribution is 0.222. The van der Waals surface area contributed by atoms with Gasteiger partial charge in [-0.1, -0.05) is 11.6 Å². The third kappa shape index (κ3) is 3.85. The summed E-state index contributed by atoms with van der Waals surface area (Å²) in [7, 11) is 1.68. The summed E-state index contributed by atoms with van der Waals surface area (Å²) in [6.45, 7) is 2.58. The molecule has 122 valence electrons. The lowest BCUT2D eigenvalue weighted by atomic mass is 9.98. The third-order valence-electron chi connectivity index (χ3n) is 4.09. The smallest absolute Gasteiger partial charge is 0.171 e. The molecule has 1 fully saturated rings. The highest BCUT2D eigenvalue weighted by atomic mass is 35.5. The lowest BCUT2D eigenvalue weighted by Gasteiger charge is -2.33. The molecule has 23 heavy (non-hydrogen) atoms. The summed E-state index contributed by atoms with van der Waals surface area (Å²) in [5, 5.41) is 0.558. The molecule has 3 heterocycles. The number of aromatic nitrogens is 2. The summed E-state index contributed by atoms with van der Waals surface area (Å²) in [5.41, 5.74) is 0. The van der Waals surface area contributed by atoms with E-state index in [4.69, 9.17) is 21.1 Å². The first-order chi connectivity index (χ1) is 11.3. The van der Waals surface area contributed by atoms with Gasteiger partial charge in [-0.3, -0.25) is 4.98 Å². The van der Waals surface area contributed by atoms with Gasteiger partial charge in [0, 0.05) is 37.7 Å². The highest BCUT2D eigenvalue weighted by Gasteiger charge is 2.22.